The molecule has 0 saturated carbocycles. The number of fused-ring (bicyclic) bond motifs is 1. The lowest BCUT2D eigenvalue weighted by Gasteiger charge is -2.11. The molecule has 0 saturated heterocycles. The van der Waals surface area contributed by atoms with E-state index in [0.717, 1.165) is 12.5 Å². The topological polar surface area (TPSA) is 65.4 Å². The zero-order valence-electron chi connectivity index (χ0n) is 16.7. The summed E-state index contributed by atoms with van der Waals surface area (Å²) in [5.41, 5.74) is 2.63. The molecule has 2 heterocycles. The van der Waals surface area contributed by atoms with E-state index in [2.05, 4.69) is 10.4 Å². The molecule has 0 radical (unpaired) electrons. The molecule has 1 N–H and O–H groups in total. The molecule has 1 aromatic heterocycles. The van der Waals surface area contributed by atoms with E-state index < -0.39 is 11.6 Å². The molecule has 3 aromatic rings. The first-order valence-corrected chi connectivity index (χ1v) is 9.62. The summed E-state index contributed by atoms with van der Waals surface area (Å²) in [5.74, 6) is -0.372. The number of carbonyl (C=O) groups excluding carboxylic acids is 1. The van der Waals surface area contributed by atoms with Crippen LogP contribution < -0.4 is 14.8 Å². The minimum absolute atomic E-state index is 0.0644. The zero-order chi connectivity index (χ0) is 21.3. The standard InChI is InChI=1S/C22H21F2N3O3/c1-13-17(14(2)27(26-13)19-6-4-15(23)10-18(19)24)12-22(28)25-16-5-7-20-21(11-16)30-9-3-8-29-20/h4-7,10-11H,3,8-9,12H2,1-2H3,(H,25,28). The molecule has 2 aromatic carbocycles. The number of benzene rings is 2. The number of aryl methyl sites for hydroxylation is 1. The van der Waals surface area contributed by atoms with Crippen molar-refractivity contribution in [1.82, 2.24) is 9.78 Å². The number of anilines is 1. The monoisotopic (exact) mass is 413 g/mol. The number of amides is 1. The van der Waals surface area contributed by atoms with Crippen molar-refractivity contribution < 1.29 is 23.0 Å². The normalized spacial score (nSPS) is 13.1. The van der Waals surface area contributed by atoms with Crippen molar-refractivity contribution in [1.29, 1.82) is 0 Å². The Hall–Kier alpha value is -3.42. The molecule has 1 aliphatic rings. The number of hydrogen-bond acceptors (Lipinski definition) is 4. The van der Waals surface area contributed by atoms with Crippen molar-refractivity contribution in [3.05, 3.63) is 65.0 Å². The molecule has 0 fully saturated rings. The lowest BCUT2D eigenvalue weighted by molar-refractivity contribution is -0.115. The van der Waals surface area contributed by atoms with Gasteiger partial charge in [0.2, 0.25) is 5.91 Å². The van der Waals surface area contributed by atoms with E-state index >= 15 is 0 Å². The van der Waals surface area contributed by atoms with Crippen molar-refractivity contribution >= 4 is 11.6 Å². The van der Waals surface area contributed by atoms with E-state index in [4.69, 9.17) is 9.47 Å². The highest BCUT2D eigenvalue weighted by Crippen LogP contribution is 2.32. The van der Waals surface area contributed by atoms with Crippen LogP contribution in [0.5, 0.6) is 11.5 Å². The fourth-order valence-corrected chi connectivity index (χ4v) is 3.43. The fraction of sp³-hybridized carbons (Fsp3) is 0.273. The average molecular weight is 413 g/mol. The first-order chi connectivity index (χ1) is 14.4. The van der Waals surface area contributed by atoms with Gasteiger partial charge < -0.3 is 14.8 Å². The van der Waals surface area contributed by atoms with Crippen LogP contribution in [0.1, 0.15) is 23.4 Å². The number of rotatable bonds is 4. The number of nitrogens with one attached hydrogen (secondary N) is 1. The SMILES string of the molecule is Cc1nn(-c2ccc(F)cc2F)c(C)c1CC(=O)Nc1ccc2c(c1)OCCCO2. The summed E-state index contributed by atoms with van der Waals surface area (Å²) in [6.07, 6.45) is 0.864. The van der Waals surface area contributed by atoms with Crippen LogP contribution >= 0.6 is 0 Å². The average Bonchev–Trinajstić information content (AvgIpc) is 2.87. The van der Waals surface area contributed by atoms with Crippen molar-refractivity contribution in [2.24, 2.45) is 0 Å². The number of aromatic nitrogens is 2. The lowest BCUT2D eigenvalue weighted by atomic mass is 10.1. The minimum Gasteiger partial charge on any atom is -0.490 e. The van der Waals surface area contributed by atoms with Gasteiger partial charge in [-0.25, -0.2) is 13.5 Å². The molecule has 0 bridgehead atoms. The Morgan fingerprint density at radius 3 is 2.63 bits per heavy atom. The number of hydrogen-bond donors (Lipinski definition) is 1. The second-order valence-electron chi connectivity index (χ2n) is 7.09. The molecule has 0 aliphatic carbocycles. The zero-order valence-corrected chi connectivity index (χ0v) is 16.7. The first kappa shape index (κ1) is 19.9. The van der Waals surface area contributed by atoms with Crippen molar-refractivity contribution in [3.8, 4) is 17.2 Å². The summed E-state index contributed by atoms with van der Waals surface area (Å²) < 4.78 is 40.0. The number of nitrogens with zero attached hydrogens (tertiary/aromatic N) is 2. The Labute approximate surface area is 172 Å². The molecule has 1 amide bonds. The summed E-state index contributed by atoms with van der Waals surface area (Å²) in [5, 5.41) is 7.18. The Morgan fingerprint density at radius 2 is 1.87 bits per heavy atom. The lowest BCUT2D eigenvalue weighted by Crippen LogP contribution is -2.15. The fourth-order valence-electron chi connectivity index (χ4n) is 3.43. The Bertz CT molecular complexity index is 1110. The van der Waals surface area contributed by atoms with Gasteiger partial charge in [0.15, 0.2) is 17.3 Å². The van der Waals surface area contributed by atoms with Crippen LogP contribution in [0.25, 0.3) is 5.69 Å². The first-order valence-electron chi connectivity index (χ1n) is 9.62. The molecule has 1 aliphatic heterocycles. The second kappa shape index (κ2) is 8.14. The van der Waals surface area contributed by atoms with Gasteiger partial charge in [0.05, 0.1) is 25.3 Å². The maximum absolute atomic E-state index is 14.2. The largest absolute Gasteiger partial charge is 0.490 e. The predicted octanol–water partition coefficient (Wildman–Crippen LogP) is 4.11. The van der Waals surface area contributed by atoms with Crippen LogP contribution in [0.2, 0.25) is 0 Å². The molecule has 0 spiro atoms. The predicted molar refractivity (Wildman–Crippen MR) is 107 cm³/mol. The summed E-state index contributed by atoms with van der Waals surface area (Å²) >= 11 is 0. The number of ether oxygens (including phenoxy) is 2. The molecule has 8 heteroatoms. The quantitative estimate of drug-likeness (QED) is 0.699. The van der Waals surface area contributed by atoms with Crippen LogP contribution in [0.4, 0.5) is 14.5 Å². The van der Waals surface area contributed by atoms with E-state index in [-0.39, 0.29) is 18.0 Å². The molecule has 6 nitrogen and oxygen atoms in total. The van der Waals surface area contributed by atoms with Gasteiger partial charge in [0.1, 0.15) is 11.5 Å². The molecule has 4 rings (SSSR count). The van der Waals surface area contributed by atoms with Crippen LogP contribution in [-0.4, -0.2) is 28.9 Å². The van der Waals surface area contributed by atoms with Crippen LogP contribution in [0, 0.1) is 25.5 Å². The molecular formula is C22H21F2N3O3. The second-order valence-corrected chi connectivity index (χ2v) is 7.09. The molecular weight excluding hydrogens is 392 g/mol. The van der Waals surface area contributed by atoms with Gasteiger partial charge in [-0.1, -0.05) is 0 Å². The van der Waals surface area contributed by atoms with Crippen molar-refractivity contribution in [3.63, 3.8) is 0 Å². The van der Waals surface area contributed by atoms with Gasteiger partial charge in [-0.15, -0.1) is 0 Å². The molecule has 0 unspecified atom stereocenters. The third kappa shape index (κ3) is 3.98. The number of carbonyl (C=O) groups is 1. The van der Waals surface area contributed by atoms with Crippen LogP contribution in [0.15, 0.2) is 36.4 Å². The molecule has 0 atom stereocenters. The number of halogens is 2. The van der Waals surface area contributed by atoms with Crippen molar-refractivity contribution in [2.75, 3.05) is 18.5 Å². The maximum atomic E-state index is 14.2. The van der Waals surface area contributed by atoms with Crippen LogP contribution in [-0.2, 0) is 11.2 Å². The van der Waals surface area contributed by atoms with E-state index in [1.165, 1.54) is 16.8 Å². The highest BCUT2D eigenvalue weighted by atomic mass is 19.1. The Morgan fingerprint density at radius 1 is 1.10 bits per heavy atom. The molecule has 156 valence electrons. The van der Waals surface area contributed by atoms with E-state index in [1.807, 2.05) is 0 Å². The van der Waals surface area contributed by atoms with Gasteiger partial charge in [-0.2, -0.15) is 5.10 Å². The Balaban J connectivity index is 1.53. The third-order valence-corrected chi connectivity index (χ3v) is 4.95. The van der Waals surface area contributed by atoms with E-state index in [9.17, 15) is 13.6 Å². The summed E-state index contributed by atoms with van der Waals surface area (Å²) in [6, 6.07) is 8.56. The summed E-state index contributed by atoms with van der Waals surface area (Å²) in [4.78, 5) is 12.6. The van der Waals surface area contributed by atoms with E-state index in [0.29, 0.717) is 47.4 Å². The summed E-state index contributed by atoms with van der Waals surface area (Å²) in [7, 11) is 0. The smallest absolute Gasteiger partial charge is 0.228 e. The van der Waals surface area contributed by atoms with Gasteiger partial charge in [-0.3, -0.25) is 4.79 Å². The van der Waals surface area contributed by atoms with Gasteiger partial charge in [-0.05, 0) is 38.1 Å². The highest BCUT2D eigenvalue weighted by molar-refractivity contribution is 5.92. The van der Waals surface area contributed by atoms with Crippen LogP contribution in [0.3, 0.4) is 0 Å². The maximum Gasteiger partial charge on any atom is 0.228 e. The minimum atomic E-state index is -0.719. The van der Waals surface area contributed by atoms with Gasteiger partial charge in [0.25, 0.3) is 0 Å². The Kier molecular flexibility index (Phi) is 5.39. The van der Waals surface area contributed by atoms with Gasteiger partial charge >= 0.3 is 0 Å². The summed E-state index contributed by atoms with van der Waals surface area (Å²) in [6.45, 7) is 4.65. The van der Waals surface area contributed by atoms with Crippen molar-refractivity contribution in [2.45, 2.75) is 26.7 Å². The highest BCUT2D eigenvalue weighted by Gasteiger charge is 2.19. The van der Waals surface area contributed by atoms with E-state index in [1.54, 1.807) is 32.0 Å². The third-order valence-electron chi connectivity index (χ3n) is 4.95. The molecule has 30 heavy (non-hydrogen) atoms. The van der Waals surface area contributed by atoms with Gasteiger partial charge in [0, 0.05) is 35.5 Å².